The van der Waals surface area contributed by atoms with Crippen molar-refractivity contribution < 1.29 is 23.8 Å². The normalized spacial score (nSPS) is 13.4. The summed E-state index contributed by atoms with van der Waals surface area (Å²) in [6.07, 6.45) is 4.90. The molecule has 0 bridgehead atoms. The molecule has 1 amide bonds. The van der Waals surface area contributed by atoms with E-state index in [4.69, 9.17) is 14.2 Å². The van der Waals surface area contributed by atoms with Gasteiger partial charge in [0.15, 0.2) is 11.5 Å². The lowest BCUT2D eigenvalue weighted by Gasteiger charge is -2.29. The number of H-pyrrole nitrogens is 1. The van der Waals surface area contributed by atoms with Crippen LogP contribution in [0.4, 0.5) is 5.69 Å². The summed E-state index contributed by atoms with van der Waals surface area (Å²) in [7, 11) is 4.82. The average Bonchev–Trinajstić information content (AvgIpc) is 3.14. The van der Waals surface area contributed by atoms with Crippen molar-refractivity contribution in [2.24, 2.45) is 7.05 Å². The number of benzene rings is 4. The molecule has 266 valence electrons. The first-order chi connectivity index (χ1) is 25.1. The summed E-state index contributed by atoms with van der Waals surface area (Å²) in [5.41, 5.74) is 5.03. The number of anilines is 1. The standard InChI is InChI=1S/C41H40N4O7/c1-26(46)52-34-10-6-8-29(20-34)22-36-40(48)43-35(41(49)44(36)2)21-28-7-5-9-31(19-28)39(47)42-33-13-11-27(12-14-33)15-17-45-18-16-30-23-37(50-3)38(51-4)24-32(30)25-45/h5-14,19-24H,15-18,25H2,1-4H3,(H,42,47)(H,43,48). The predicted octanol–water partition coefficient (Wildman–Crippen LogP) is 3.53. The topological polar surface area (TPSA) is 132 Å². The molecule has 0 saturated heterocycles. The zero-order chi connectivity index (χ0) is 36.8. The SMILES string of the molecule is COc1cc2c(cc1OC)CN(CCc1ccc(NC(=O)c3cccc(C=c4[nH]c(=O)c(=Cc5cccc(OC(C)=O)c5)n(C)c4=O)c3)cc1)CC2. The van der Waals surface area contributed by atoms with Gasteiger partial charge in [-0.2, -0.15) is 0 Å². The molecule has 1 aromatic heterocycles. The molecule has 52 heavy (non-hydrogen) atoms. The van der Waals surface area contributed by atoms with Crippen molar-refractivity contribution in [3.8, 4) is 17.2 Å². The van der Waals surface area contributed by atoms with E-state index in [2.05, 4.69) is 27.3 Å². The van der Waals surface area contributed by atoms with Gasteiger partial charge in [-0.05, 0) is 101 Å². The highest BCUT2D eigenvalue weighted by Gasteiger charge is 2.19. The Hall–Kier alpha value is -6.20. The number of amides is 1. The van der Waals surface area contributed by atoms with Crippen molar-refractivity contribution in [3.05, 3.63) is 150 Å². The Kier molecular flexibility index (Phi) is 10.8. The number of carbonyl (C=O) groups excluding carboxylic acids is 2. The van der Waals surface area contributed by atoms with E-state index in [1.807, 2.05) is 24.3 Å². The minimum absolute atomic E-state index is 0.0696. The number of esters is 1. The second kappa shape index (κ2) is 15.8. The van der Waals surface area contributed by atoms with Gasteiger partial charge in [-0.15, -0.1) is 0 Å². The fraction of sp³-hybridized carbons (Fsp3) is 0.220. The molecule has 0 aliphatic carbocycles. The molecule has 11 heteroatoms. The zero-order valence-electron chi connectivity index (χ0n) is 29.5. The Labute approximate surface area is 300 Å². The average molecular weight is 701 g/mol. The second-order valence-corrected chi connectivity index (χ2v) is 12.6. The van der Waals surface area contributed by atoms with E-state index in [0.717, 1.165) is 44.0 Å². The maximum Gasteiger partial charge on any atom is 0.308 e. The molecule has 0 fully saturated rings. The molecule has 0 radical (unpaired) electrons. The van der Waals surface area contributed by atoms with Crippen LogP contribution in [0.2, 0.25) is 0 Å². The number of carbonyl (C=O) groups is 2. The van der Waals surface area contributed by atoms with Gasteiger partial charge in [-0.1, -0.05) is 36.4 Å². The number of hydrogen-bond donors (Lipinski definition) is 2. The summed E-state index contributed by atoms with van der Waals surface area (Å²) >= 11 is 0. The maximum atomic E-state index is 13.2. The third-order valence-electron chi connectivity index (χ3n) is 8.99. The lowest BCUT2D eigenvalue weighted by Crippen LogP contribution is -2.52. The van der Waals surface area contributed by atoms with E-state index in [0.29, 0.717) is 28.1 Å². The number of fused-ring (bicyclic) bond motifs is 1. The molecule has 2 N–H and O–H groups in total. The predicted molar refractivity (Wildman–Crippen MR) is 200 cm³/mol. The Balaban J connectivity index is 1.10. The van der Waals surface area contributed by atoms with Gasteiger partial charge in [-0.25, -0.2) is 0 Å². The van der Waals surface area contributed by atoms with Gasteiger partial charge >= 0.3 is 5.97 Å². The lowest BCUT2D eigenvalue weighted by atomic mass is 9.98. The van der Waals surface area contributed by atoms with Crippen LogP contribution in [0.1, 0.15) is 45.1 Å². The highest BCUT2D eigenvalue weighted by atomic mass is 16.5. The highest BCUT2D eigenvalue weighted by Crippen LogP contribution is 2.33. The van der Waals surface area contributed by atoms with Crippen LogP contribution in [0.25, 0.3) is 12.2 Å². The lowest BCUT2D eigenvalue weighted by molar-refractivity contribution is -0.131. The first-order valence-corrected chi connectivity index (χ1v) is 16.9. The minimum Gasteiger partial charge on any atom is -0.493 e. The van der Waals surface area contributed by atoms with Crippen LogP contribution in [-0.4, -0.2) is 53.6 Å². The van der Waals surface area contributed by atoms with E-state index in [-0.39, 0.29) is 16.6 Å². The minimum atomic E-state index is -0.480. The third kappa shape index (κ3) is 8.39. The quantitative estimate of drug-likeness (QED) is 0.167. The summed E-state index contributed by atoms with van der Waals surface area (Å²) in [4.78, 5) is 55.9. The number of methoxy groups -OCH3 is 2. The molecule has 1 aliphatic heterocycles. The smallest absolute Gasteiger partial charge is 0.308 e. The summed E-state index contributed by atoms with van der Waals surface area (Å²) < 4.78 is 17.3. The van der Waals surface area contributed by atoms with Crippen molar-refractivity contribution in [1.29, 1.82) is 0 Å². The van der Waals surface area contributed by atoms with Crippen molar-refractivity contribution in [2.75, 3.05) is 32.6 Å². The fourth-order valence-corrected chi connectivity index (χ4v) is 6.25. The molecule has 0 unspecified atom stereocenters. The van der Waals surface area contributed by atoms with Crippen LogP contribution in [0.15, 0.2) is 94.5 Å². The molecule has 0 spiro atoms. The molecular weight excluding hydrogens is 660 g/mol. The highest BCUT2D eigenvalue weighted by molar-refractivity contribution is 6.04. The third-order valence-corrected chi connectivity index (χ3v) is 8.99. The maximum absolute atomic E-state index is 13.2. The number of nitrogens with zero attached hydrogens (tertiary/aromatic N) is 2. The largest absolute Gasteiger partial charge is 0.493 e. The molecule has 0 atom stereocenters. The van der Waals surface area contributed by atoms with Crippen molar-refractivity contribution in [1.82, 2.24) is 14.5 Å². The van der Waals surface area contributed by atoms with Gasteiger partial charge in [0.1, 0.15) is 16.4 Å². The number of ether oxygens (including phenoxy) is 3. The zero-order valence-corrected chi connectivity index (χ0v) is 29.5. The Morgan fingerprint density at radius 1 is 0.865 bits per heavy atom. The van der Waals surface area contributed by atoms with Crippen LogP contribution in [0.3, 0.4) is 0 Å². The van der Waals surface area contributed by atoms with Crippen LogP contribution in [-0.2, 0) is 31.2 Å². The van der Waals surface area contributed by atoms with Crippen LogP contribution in [0, 0.1) is 0 Å². The van der Waals surface area contributed by atoms with Gasteiger partial charge in [0.05, 0.1) is 14.2 Å². The van der Waals surface area contributed by atoms with Crippen LogP contribution < -0.4 is 41.3 Å². The monoisotopic (exact) mass is 700 g/mol. The van der Waals surface area contributed by atoms with E-state index in [9.17, 15) is 19.2 Å². The summed E-state index contributed by atoms with van der Waals surface area (Å²) in [5.74, 6) is 1.07. The molecule has 6 rings (SSSR count). The number of rotatable bonds is 10. The summed E-state index contributed by atoms with van der Waals surface area (Å²) in [6, 6.07) is 25.4. The van der Waals surface area contributed by atoms with Crippen LogP contribution in [0.5, 0.6) is 17.2 Å². The van der Waals surface area contributed by atoms with E-state index in [1.165, 1.54) is 47.4 Å². The molecule has 4 aromatic carbocycles. The first-order valence-electron chi connectivity index (χ1n) is 16.9. The summed E-state index contributed by atoms with van der Waals surface area (Å²) in [5, 5.41) is 3.14. The van der Waals surface area contributed by atoms with Gasteiger partial charge in [0, 0.05) is 44.9 Å². The Morgan fingerprint density at radius 2 is 1.56 bits per heavy atom. The van der Waals surface area contributed by atoms with Gasteiger partial charge in [-0.3, -0.25) is 24.1 Å². The second-order valence-electron chi connectivity index (χ2n) is 12.6. The Morgan fingerprint density at radius 3 is 2.27 bits per heavy atom. The molecule has 11 nitrogen and oxygen atoms in total. The van der Waals surface area contributed by atoms with E-state index < -0.39 is 17.1 Å². The number of aromatic nitrogens is 2. The van der Waals surface area contributed by atoms with Crippen LogP contribution >= 0.6 is 0 Å². The molecule has 5 aromatic rings. The van der Waals surface area contributed by atoms with E-state index >= 15 is 0 Å². The molecule has 1 aliphatic rings. The first kappa shape index (κ1) is 35.6. The molecule has 2 heterocycles. The van der Waals surface area contributed by atoms with Gasteiger partial charge in [0.25, 0.3) is 17.0 Å². The van der Waals surface area contributed by atoms with E-state index in [1.54, 1.807) is 62.8 Å². The number of nitrogens with one attached hydrogen (secondary N) is 2. The number of hydrogen-bond acceptors (Lipinski definition) is 8. The van der Waals surface area contributed by atoms with Crippen molar-refractivity contribution >= 4 is 29.7 Å². The van der Waals surface area contributed by atoms with Crippen molar-refractivity contribution in [2.45, 2.75) is 26.3 Å². The van der Waals surface area contributed by atoms with Gasteiger partial charge < -0.3 is 29.1 Å². The summed E-state index contributed by atoms with van der Waals surface area (Å²) in [6.45, 7) is 4.03. The molecule has 0 saturated carbocycles. The number of aromatic amines is 1. The van der Waals surface area contributed by atoms with Crippen molar-refractivity contribution in [3.63, 3.8) is 0 Å². The molecular formula is C41H40N4O7. The van der Waals surface area contributed by atoms with Gasteiger partial charge in [0.2, 0.25) is 0 Å². The fourth-order valence-electron chi connectivity index (χ4n) is 6.25. The Bertz CT molecular complexity index is 2380.